The Morgan fingerprint density at radius 1 is 0.955 bits per heavy atom. The lowest BCUT2D eigenvalue weighted by molar-refractivity contribution is -0.130. The summed E-state index contributed by atoms with van der Waals surface area (Å²) in [5, 5.41) is 0. The summed E-state index contributed by atoms with van der Waals surface area (Å²) >= 11 is 3.78. The summed E-state index contributed by atoms with van der Waals surface area (Å²) in [4.78, 5) is 13.0. The van der Waals surface area contributed by atoms with Crippen molar-refractivity contribution in [3.05, 3.63) is 71.8 Å². The lowest BCUT2D eigenvalue weighted by atomic mass is 9.78. The molecule has 2 atom stereocenters. The monoisotopic (exact) mass is 358 g/mol. The molecule has 22 heavy (non-hydrogen) atoms. The highest BCUT2D eigenvalue weighted by Gasteiger charge is 2.34. The molecule has 0 bridgehead atoms. The predicted molar refractivity (Wildman–Crippen MR) is 96.2 cm³/mol. The third-order valence-corrected chi connectivity index (χ3v) is 5.01. The van der Waals surface area contributed by atoms with E-state index in [2.05, 4.69) is 40.2 Å². The van der Waals surface area contributed by atoms with E-state index in [4.69, 9.17) is 0 Å². The predicted octanol–water partition coefficient (Wildman–Crippen LogP) is 5.60. The van der Waals surface area contributed by atoms with Crippen molar-refractivity contribution in [2.45, 2.75) is 32.0 Å². The highest BCUT2D eigenvalue weighted by Crippen LogP contribution is 2.37. The van der Waals surface area contributed by atoms with Crippen LogP contribution in [0.4, 0.5) is 0 Å². The number of carbonyl (C=O) groups excluding carboxylic acids is 1. The number of alkyl halides is 1. The van der Waals surface area contributed by atoms with E-state index < -0.39 is 0 Å². The molecule has 0 radical (unpaired) electrons. The molecule has 0 aromatic heterocycles. The van der Waals surface area contributed by atoms with Gasteiger partial charge in [-0.25, -0.2) is 0 Å². The summed E-state index contributed by atoms with van der Waals surface area (Å²) in [5.41, 5.74) is 2.01. The van der Waals surface area contributed by atoms with Gasteiger partial charge in [0.05, 0.1) is 0 Å². The van der Waals surface area contributed by atoms with E-state index in [0.29, 0.717) is 5.78 Å². The molecule has 0 aliphatic heterocycles. The van der Waals surface area contributed by atoms with E-state index in [-0.39, 0.29) is 16.2 Å². The molecule has 0 fully saturated rings. The zero-order valence-corrected chi connectivity index (χ0v) is 15.0. The van der Waals surface area contributed by atoms with E-state index in [0.717, 1.165) is 12.0 Å². The van der Waals surface area contributed by atoms with Gasteiger partial charge in [-0.2, -0.15) is 0 Å². The fraction of sp³-hybridized carbons (Fsp3) is 0.350. The Hall–Kier alpha value is -1.41. The number of rotatable bonds is 5. The zero-order chi connectivity index (χ0) is 16.2. The van der Waals surface area contributed by atoms with Crippen molar-refractivity contribution in [3.63, 3.8) is 0 Å². The van der Waals surface area contributed by atoms with Crippen molar-refractivity contribution < 1.29 is 4.79 Å². The molecule has 0 aliphatic carbocycles. The quantitative estimate of drug-likeness (QED) is 0.636. The van der Waals surface area contributed by atoms with Gasteiger partial charge >= 0.3 is 0 Å². The van der Waals surface area contributed by atoms with E-state index in [1.807, 2.05) is 57.2 Å². The Morgan fingerprint density at radius 3 is 1.95 bits per heavy atom. The number of hydrogen-bond donors (Lipinski definition) is 0. The summed E-state index contributed by atoms with van der Waals surface area (Å²) in [5.74, 6) is 0.215. The van der Waals surface area contributed by atoms with Gasteiger partial charge in [0, 0.05) is 16.2 Å². The van der Waals surface area contributed by atoms with Crippen LogP contribution >= 0.6 is 15.9 Å². The maximum absolute atomic E-state index is 13.0. The van der Waals surface area contributed by atoms with E-state index >= 15 is 0 Å². The van der Waals surface area contributed by atoms with Crippen LogP contribution in [0.15, 0.2) is 60.7 Å². The van der Waals surface area contributed by atoms with Gasteiger partial charge in [0.15, 0.2) is 0 Å². The van der Waals surface area contributed by atoms with Gasteiger partial charge in [-0.15, -0.1) is 0 Å². The van der Waals surface area contributed by atoms with Crippen LogP contribution in [0.25, 0.3) is 0 Å². The number of benzene rings is 2. The number of hydrogen-bond acceptors (Lipinski definition) is 1. The average molecular weight is 359 g/mol. The van der Waals surface area contributed by atoms with Crippen molar-refractivity contribution in [1.29, 1.82) is 0 Å². The van der Waals surface area contributed by atoms with Gasteiger partial charge < -0.3 is 0 Å². The summed E-state index contributed by atoms with van der Waals surface area (Å²) in [6.45, 7) is 5.99. The molecule has 1 nitrogen and oxygen atoms in total. The molecule has 0 N–H and O–H groups in total. The first-order valence-corrected chi connectivity index (χ1v) is 8.58. The summed E-state index contributed by atoms with van der Waals surface area (Å²) in [6, 6.07) is 20.4. The third kappa shape index (κ3) is 4.30. The smallest absolute Gasteiger partial charge is 0.143 e. The normalized spacial score (nSPS) is 14.4. The van der Waals surface area contributed by atoms with Crippen molar-refractivity contribution >= 4 is 21.7 Å². The maximum Gasteiger partial charge on any atom is 0.143 e. The molecular weight excluding hydrogens is 336 g/mol. The molecule has 0 spiro atoms. The van der Waals surface area contributed by atoms with Gasteiger partial charge in [0.25, 0.3) is 0 Å². The molecule has 0 amide bonds. The Balaban J connectivity index is 2.31. The molecule has 2 heteroatoms. The number of halogens is 1. The van der Waals surface area contributed by atoms with Crippen LogP contribution in [0.2, 0.25) is 0 Å². The highest BCUT2D eigenvalue weighted by molar-refractivity contribution is 9.09. The summed E-state index contributed by atoms with van der Waals surface area (Å²) in [7, 11) is 0. The summed E-state index contributed by atoms with van der Waals surface area (Å²) in [6.07, 6.45) is 0.752. The molecule has 2 aromatic rings. The Kier molecular flexibility index (Phi) is 5.57. The van der Waals surface area contributed by atoms with Gasteiger partial charge in [-0.05, 0) is 17.5 Å². The van der Waals surface area contributed by atoms with Crippen molar-refractivity contribution in [2.24, 2.45) is 11.3 Å². The largest absolute Gasteiger partial charge is 0.299 e. The first-order valence-electron chi connectivity index (χ1n) is 7.67. The van der Waals surface area contributed by atoms with Crippen LogP contribution in [-0.2, 0) is 11.2 Å². The number of Topliss-reactive ketones (excluding diaryl/α,β-unsaturated/α-hetero) is 1. The number of ketones is 1. The van der Waals surface area contributed by atoms with Crippen molar-refractivity contribution in [3.8, 4) is 0 Å². The average Bonchev–Trinajstić information content (AvgIpc) is 2.52. The van der Waals surface area contributed by atoms with Crippen LogP contribution in [0.1, 0.15) is 36.7 Å². The second kappa shape index (κ2) is 7.23. The molecule has 0 heterocycles. The van der Waals surface area contributed by atoms with Crippen LogP contribution < -0.4 is 0 Å². The minimum atomic E-state index is -0.347. The zero-order valence-electron chi connectivity index (χ0n) is 13.4. The van der Waals surface area contributed by atoms with Gasteiger partial charge in [0.2, 0.25) is 0 Å². The van der Waals surface area contributed by atoms with Crippen LogP contribution in [-0.4, -0.2) is 5.78 Å². The molecule has 2 aromatic carbocycles. The van der Waals surface area contributed by atoms with Crippen molar-refractivity contribution in [2.75, 3.05) is 0 Å². The molecule has 0 aliphatic rings. The highest BCUT2D eigenvalue weighted by atomic mass is 79.9. The van der Waals surface area contributed by atoms with Crippen molar-refractivity contribution in [1.82, 2.24) is 0 Å². The molecule has 0 saturated carbocycles. The Labute approximate surface area is 141 Å². The summed E-state index contributed by atoms with van der Waals surface area (Å²) < 4.78 is 0. The van der Waals surface area contributed by atoms with Crippen LogP contribution in [0.5, 0.6) is 0 Å². The first kappa shape index (κ1) is 17.0. The molecule has 2 unspecified atom stereocenters. The SMILES string of the molecule is CC(C)(C)C(=O)C(Cc1ccccc1)C(Br)c1ccccc1. The minimum absolute atomic E-state index is 0.0284. The third-order valence-electron chi connectivity index (χ3n) is 3.85. The molecular formula is C20H23BrO. The topological polar surface area (TPSA) is 17.1 Å². The standard InChI is InChI=1S/C20H23BrO/c1-20(2,3)19(22)17(14-15-10-6-4-7-11-15)18(21)16-12-8-5-9-13-16/h4-13,17-18H,14H2,1-3H3. The fourth-order valence-corrected chi connectivity index (χ4v) is 3.35. The molecule has 2 rings (SSSR count). The van der Waals surface area contributed by atoms with Crippen LogP contribution in [0.3, 0.4) is 0 Å². The molecule has 116 valence electrons. The van der Waals surface area contributed by atoms with Gasteiger partial charge in [0.1, 0.15) is 5.78 Å². The van der Waals surface area contributed by atoms with E-state index in [1.165, 1.54) is 5.56 Å². The first-order chi connectivity index (χ1) is 10.4. The van der Waals surface area contributed by atoms with Crippen LogP contribution in [0, 0.1) is 11.3 Å². The van der Waals surface area contributed by atoms with Gasteiger partial charge in [-0.1, -0.05) is 97.4 Å². The lowest BCUT2D eigenvalue weighted by Crippen LogP contribution is -2.32. The molecule has 0 saturated heterocycles. The lowest BCUT2D eigenvalue weighted by Gasteiger charge is -2.28. The second-order valence-electron chi connectivity index (χ2n) is 6.72. The minimum Gasteiger partial charge on any atom is -0.299 e. The van der Waals surface area contributed by atoms with Gasteiger partial charge in [-0.3, -0.25) is 4.79 Å². The Bertz CT molecular complexity index is 599. The Morgan fingerprint density at radius 2 is 1.45 bits per heavy atom. The van der Waals surface area contributed by atoms with E-state index in [1.54, 1.807) is 0 Å². The second-order valence-corrected chi connectivity index (χ2v) is 7.71. The van der Waals surface area contributed by atoms with E-state index in [9.17, 15) is 4.79 Å². The number of carbonyl (C=O) groups is 1. The maximum atomic E-state index is 13.0. The fourth-order valence-electron chi connectivity index (χ4n) is 2.62.